The Balaban J connectivity index is 2.03. The van der Waals surface area contributed by atoms with E-state index in [0.717, 1.165) is 11.3 Å². The SMILES string of the molecule is C=C(CC(=O)c1ccccc1)Nc1cc(C)ccc1Cl. The average molecular weight is 286 g/mol. The van der Waals surface area contributed by atoms with Gasteiger partial charge in [0, 0.05) is 11.3 Å². The van der Waals surface area contributed by atoms with Crippen molar-refractivity contribution in [3.63, 3.8) is 0 Å². The van der Waals surface area contributed by atoms with Crippen LogP contribution in [0.1, 0.15) is 22.3 Å². The van der Waals surface area contributed by atoms with Gasteiger partial charge in [0.1, 0.15) is 0 Å². The van der Waals surface area contributed by atoms with Crippen LogP contribution in [0.2, 0.25) is 5.02 Å². The van der Waals surface area contributed by atoms with E-state index in [2.05, 4.69) is 11.9 Å². The molecule has 0 bridgehead atoms. The summed E-state index contributed by atoms with van der Waals surface area (Å²) in [5, 5.41) is 3.72. The lowest BCUT2D eigenvalue weighted by atomic mass is 10.1. The normalized spacial score (nSPS) is 10.1. The van der Waals surface area contributed by atoms with Gasteiger partial charge in [-0.15, -0.1) is 0 Å². The zero-order valence-electron chi connectivity index (χ0n) is 11.3. The molecule has 0 saturated heterocycles. The van der Waals surface area contributed by atoms with Crippen LogP contribution in [0.4, 0.5) is 5.69 Å². The summed E-state index contributed by atoms with van der Waals surface area (Å²) in [6.45, 7) is 5.88. The number of nitrogens with one attached hydrogen (secondary N) is 1. The molecule has 0 fully saturated rings. The molecule has 3 heteroatoms. The lowest BCUT2D eigenvalue weighted by molar-refractivity contribution is 0.0993. The first-order valence-corrected chi connectivity index (χ1v) is 6.73. The standard InChI is InChI=1S/C17H16ClNO/c1-12-8-9-15(18)16(10-12)19-13(2)11-17(20)14-6-4-3-5-7-14/h3-10,19H,2,11H2,1H3. The highest BCUT2D eigenvalue weighted by molar-refractivity contribution is 6.33. The molecule has 0 unspecified atom stereocenters. The van der Waals surface area contributed by atoms with Crippen LogP contribution in [0.5, 0.6) is 0 Å². The number of halogens is 1. The fourth-order valence-corrected chi connectivity index (χ4v) is 2.05. The number of rotatable bonds is 5. The van der Waals surface area contributed by atoms with Crippen LogP contribution in [-0.2, 0) is 0 Å². The summed E-state index contributed by atoms with van der Waals surface area (Å²) in [4.78, 5) is 12.1. The van der Waals surface area contributed by atoms with E-state index < -0.39 is 0 Å². The van der Waals surface area contributed by atoms with Crippen molar-refractivity contribution >= 4 is 23.1 Å². The Morgan fingerprint density at radius 2 is 1.90 bits per heavy atom. The molecule has 0 heterocycles. The van der Waals surface area contributed by atoms with Crippen molar-refractivity contribution < 1.29 is 4.79 Å². The fraction of sp³-hybridized carbons (Fsp3) is 0.118. The summed E-state index contributed by atoms with van der Waals surface area (Å²) in [6.07, 6.45) is 0.244. The fourth-order valence-electron chi connectivity index (χ4n) is 1.89. The molecule has 0 aliphatic rings. The van der Waals surface area contributed by atoms with Crippen LogP contribution in [-0.4, -0.2) is 5.78 Å². The van der Waals surface area contributed by atoms with E-state index in [1.165, 1.54) is 0 Å². The number of ketones is 1. The second kappa shape index (κ2) is 6.40. The lowest BCUT2D eigenvalue weighted by Crippen LogP contribution is -2.06. The highest BCUT2D eigenvalue weighted by Gasteiger charge is 2.08. The Labute approximate surface area is 124 Å². The summed E-state index contributed by atoms with van der Waals surface area (Å²) in [6, 6.07) is 14.9. The molecule has 0 aliphatic heterocycles. The van der Waals surface area contributed by atoms with Crippen LogP contribution < -0.4 is 5.32 Å². The molecule has 2 aromatic carbocycles. The Morgan fingerprint density at radius 3 is 2.60 bits per heavy atom. The van der Waals surface area contributed by atoms with Crippen LogP contribution >= 0.6 is 11.6 Å². The van der Waals surface area contributed by atoms with Crippen molar-refractivity contribution in [2.24, 2.45) is 0 Å². The van der Waals surface area contributed by atoms with Gasteiger partial charge in [-0.3, -0.25) is 4.79 Å². The van der Waals surface area contributed by atoms with Gasteiger partial charge in [-0.05, 0) is 24.6 Å². The van der Waals surface area contributed by atoms with Crippen molar-refractivity contribution in [1.29, 1.82) is 0 Å². The third-order valence-electron chi connectivity index (χ3n) is 2.90. The number of carbonyl (C=O) groups excluding carboxylic acids is 1. The summed E-state index contributed by atoms with van der Waals surface area (Å²) in [7, 11) is 0. The van der Waals surface area contributed by atoms with Gasteiger partial charge < -0.3 is 5.32 Å². The smallest absolute Gasteiger partial charge is 0.168 e. The molecular formula is C17H16ClNO. The maximum Gasteiger partial charge on any atom is 0.168 e. The van der Waals surface area contributed by atoms with Crippen molar-refractivity contribution in [2.75, 3.05) is 5.32 Å². The molecule has 2 nitrogen and oxygen atoms in total. The summed E-state index contributed by atoms with van der Waals surface area (Å²) in [5.74, 6) is 0.0341. The highest BCUT2D eigenvalue weighted by Crippen LogP contribution is 2.24. The van der Waals surface area contributed by atoms with Crippen molar-refractivity contribution in [3.8, 4) is 0 Å². The Hall–Kier alpha value is -2.06. The van der Waals surface area contributed by atoms with E-state index in [9.17, 15) is 4.79 Å². The van der Waals surface area contributed by atoms with E-state index in [1.807, 2.05) is 43.3 Å². The molecule has 0 aromatic heterocycles. The monoisotopic (exact) mass is 285 g/mol. The Kier molecular flexibility index (Phi) is 4.59. The molecule has 0 atom stereocenters. The zero-order chi connectivity index (χ0) is 14.5. The molecular weight excluding hydrogens is 270 g/mol. The Bertz CT molecular complexity index is 635. The maximum atomic E-state index is 12.1. The number of benzene rings is 2. The van der Waals surface area contributed by atoms with Gasteiger partial charge in [0.25, 0.3) is 0 Å². The number of hydrogen-bond donors (Lipinski definition) is 1. The van der Waals surface area contributed by atoms with Crippen LogP contribution in [0.15, 0.2) is 60.8 Å². The summed E-state index contributed by atoms with van der Waals surface area (Å²) in [5.41, 5.74) is 3.19. The highest BCUT2D eigenvalue weighted by atomic mass is 35.5. The first-order chi connectivity index (χ1) is 9.56. The van der Waals surface area contributed by atoms with Gasteiger partial charge in [0.05, 0.1) is 17.1 Å². The number of aryl methyl sites for hydroxylation is 1. The lowest BCUT2D eigenvalue weighted by Gasteiger charge is -2.11. The predicted molar refractivity (Wildman–Crippen MR) is 84.3 cm³/mol. The van der Waals surface area contributed by atoms with E-state index in [4.69, 9.17) is 11.6 Å². The minimum Gasteiger partial charge on any atom is -0.358 e. The van der Waals surface area contributed by atoms with Gasteiger partial charge in [0.15, 0.2) is 5.78 Å². The molecule has 2 rings (SSSR count). The number of anilines is 1. The van der Waals surface area contributed by atoms with E-state index in [-0.39, 0.29) is 12.2 Å². The maximum absolute atomic E-state index is 12.1. The quantitative estimate of drug-likeness (QED) is 0.796. The summed E-state index contributed by atoms with van der Waals surface area (Å²) >= 11 is 6.11. The first kappa shape index (κ1) is 14.4. The second-order valence-corrected chi connectivity index (χ2v) is 5.09. The molecule has 0 saturated carbocycles. The topological polar surface area (TPSA) is 29.1 Å². The molecule has 0 aliphatic carbocycles. The molecule has 0 amide bonds. The third kappa shape index (κ3) is 3.72. The number of carbonyl (C=O) groups is 1. The minimum atomic E-state index is 0.0341. The van der Waals surface area contributed by atoms with E-state index >= 15 is 0 Å². The minimum absolute atomic E-state index is 0.0341. The van der Waals surface area contributed by atoms with Gasteiger partial charge in [-0.1, -0.05) is 54.6 Å². The number of Topliss-reactive ketones (excluding diaryl/α,β-unsaturated/α-hetero) is 1. The summed E-state index contributed by atoms with van der Waals surface area (Å²) < 4.78 is 0. The van der Waals surface area contributed by atoms with Gasteiger partial charge in [-0.2, -0.15) is 0 Å². The van der Waals surface area contributed by atoms with E-state index in [1.54, 1.807) is 12.1 Å². The van der Waals surface area contributed by atoms with Gasteiger partial charge in [0.2, 0.25) is 0 Å². The predicted octanol–water partition coefficient (Wildman–Crippen LogP) is 4.85. The largest absolute Gasteiger partial charge is 0.358 e. The van der Waals surface area contributed by atoms with Crippen LogP contribution in [0, 0.1) is 6.92 Å². The number of allylic oxidation sites excluding steroid dienone is 1. The average Bonchev–Trinajstić information content (AvgIpc) is 2.43. The molecule has 102 valence electrons. The van der Waals surface area contributed by atoms with Gasteiger partial charge in [-0.25, -0.2) is 0 Å². The van der Waals surface area contributed by atoms with Gasteiger partial charge >= 0.3 is 0 Å². The van der Waals surface area contributed by atoms with Crippen molar-refractivity contribution in [3.05, 3.63) is 77.0 Å². The molecule has 2 aromatic rings. The zero-order valence-corrected chi connectivity index (χ0v) is 12.1. The number of hydrogen-bond acceptors (Lipinski definition) is 2. The second-order valence-electron chi connectivity index (χ2n) is 4.68. The van der Waals surface area contributed by atoms with Crippen LogP contribution in [0.25, 0.3) is 0 Å². The van der Waals surface area contributed by atoms with Crippen molar-refractivity contribution in [1.82, 2.24) is 0 Å². The Morgan fingerprint density at radius 1 is 1.20 bits per heavy atom. The van der Waals surface area contributed by atoms with Crippen LogP contribution in [0.3, 0.4) is 0 Å². The third-order valence-corrected chi connectivity index (χ3v) is 3.23. The first-order valence-electron chi connectivity index (χ1n) is 6.35. The molecule has 0 radical (unpaired) electrons. The molecule has 1 N–H and O–H groups in total. The van der Waals surface area contributed by atoms with E-state index in [0.29, 0.717) is 16.3 Å². The van der Waals surface area contributed by atoms with Crippen molar-refractivity contribution in [2.45, 2.75) is 13.3 Å². The molecule has 20 heavy (non-hydrogen) atoms. The molecule has 0 spiro atoms.